The Morgan fingerprint density at radius 3 is 2.05 bits per heavy atom. The molecule has 0 saturated heterocycles. The Hall–Kier alpha value is -2.47. The van der Waals surface area contributed by atoms with E-state index >= 15 is 0 Å². The molecule has 0 aliphatic carbocycles. The van der Waals surface area contributed by atoms with Gasteiger partial charge in [0.05, 0.1) is 0 Å². The van der Waals surface area contributed by atoms with Crippen LogP contribution in [0.4, 0.5) is 11.4 Å². The van der Waals surface area contributed by atoms with Gasteiger partial charge >= 0.3 is 0 Å². The van der Waals surface area contributed by atoms with Crippen LogP contribution in [0.15, 0.2) is 36.4 Å². The molecular weight excluding hydrogens is 280 g/mol. The van der Waals surface area contributed by atoms with Crippen molar-refractivity contribution in [2.75, 3.05) is 10.6 Å². The third-order valence-corrected chi connectivity index (χ3v) is 2.53. The van der Waals surface area contributed by atoms with Crippen molar-refractivity contribution in [2.45, 2.75) is 6.92 Å². The molecule has 2 N–H and O–H groups in total. The molecule has 1 aromatic heterocycles. The Bertz CT molecular complexity index is 626. The van der Waals surface area contributed by atoms with Gasteiger partial charge in [0.25, 0.3) is 5.91 Å². The van der Waals surface area contributed by atoms with Crippen LogP contribution in [0.25, 0.3) is 0 Å². The number of anilines is 2. The maximum atomic E-state index is 11.9. The van der Waals surface area contributed by atoms with Gasteiger partial charge < -0.3 is 10.6 Å². The molecule has 1 aromatic carbocycles. The van der Waals surface area contributed by atoms with Crippen molar-refractivity contribution in [3.8, 4) is 0 Å². The molecule has 0 fully saturated rings. The summed E-state index contributed by atoms with van der Waals surface area (Å²) in [5.41, 5.74) is 1.41. The molecule has 2 amide bonds. The molecule has 6 nitrogen and oxygen atoms in total. The molecule has 20 heavy (non-hydrogen) atoms. The van der Waals surface area contributed by atoms with Crippen molar-refractivity contribution in [2.24, 2.45) is 0 Å². The predicted octanol–water partition coefficient (Wildman–Crippen LogP) is 2.34. The van der Waals surface area contributed by atoms with Gasteiger partial charge in [-0.05, 0) is 36.4 Å². The van der Waals surface area contributed by atoms with E-state index in [2.05, 4.69) is 20.8 Å². The van der Waals surface area contributed by atoms with Crippen molar-refractivity contribution in [3.05, 3.63) is 47.2 Å². The first-order valence-corrected chi connectivity index (χ1v) is 6.10. The number of amides is 2. The minimum atomic E-state index is -0.388. The molecule has 0 unspecified atom stereocenters. The van der Waals surface area contributed by atoms with E-state index in [1.807, 2.05) is 0 Å². The molecule has 0 saturated carbocycles. The molecule has 2 rings (SSSR count). The predicted molar refractivity (Wildman–Crippen MR) is 75.7 cm³/mol. The van der Waals surface area contributed by atoms with E-state index in [1.54, 1.807) is 24.3 Å². The van der Waals surface area contributed by atoms with Crippen molar-refractivity contribution >= 4 is 34.8 Å². The third-order valence-electron chi connectivity index (χ3n) is 2.33. The average molecular weight is 291 g/mol. The second-order valence-corrected chi connectivity index (χ2v) is 4.34. The Kier molecular flexibility index (Phi) is 4.27. The van der Waals surface area contributed by atoms with Gasteiger partial charge in [-0.3, -0.25) is 9.59 Å². The van der Waals surface area contributed by atoms with Crippen LogP contribution < -0.4 is 10.6 Å². The van der Waals surface area contributed by atoms with Crippen molar-refractivity contribution in [1.29, 1.82) is 0 Å². The lowest BCUT2D eigenvalue weighted by Gasteiger charge is -2.06. The lowest BCUT2D eigenvalue weighted by molar-refractivity contribution is -0.114. The van der Waals surface area contributed by atoms with Crippen molar-refractivity contribution in [1.82, 2.24) is 10.2 Å². The fourth-order valence-electron chi connectivity index (χ4n) is 1.47. The van der Waals surface area contributed by atoms with E-state index in [4.69, 9.17) is 11.6 Å². The number of hydrogen-bond acceptors (Lipinski definition) is 4. The molecule has 0 radical (unpaired) electrons. The highest BCUT2D eigenvalue weighted by Gasteiger charge is 2.08. The van der Waals surface area contributed by atoms with E-state index < -0.39 is 0 Å². The van der Waals surface area contributed by atoms with Crippen molar-refractivity contribution < 1.29 is 9.59 Å². The first-order valence-electron chi connectivity index (χ1n) is 5.73. The van der Waals surface area contributed by atoms with Crippen LogP contribution in [0.5, 0.6) is 0 Å². The number of hydrogen-bond donors (Lipinski definition) is 2. The van der Waals surface area contributed by atoms with E-state index in [0.29, 0.717) is 11.4 Å². The molecule has 0 aliphatic heterocycles. The standard InChI is InChI=1S/C13H11ClN4O2/c1-8(19)15-9-2-4-10(5-3-9)16-13(20)11-6-7-12(14)18-17-11/h2-7H,1H3,(H,15,19)(H,16,20). The Morgan fingerprint density at radius 1 is 0.950 bits per heavy atom. The summed E-state index contributed by atoms with van der Waals surface area (Å²) in [6, 6.07) is 9.69. The third kappa shape index (κ3) is 3.76. The summed E-state index contributed by atoms with van der Waals surface area (Å²) < 4.78 is 0. The number of benzene rings is 1. The molecule has 0 spiro atoms. The first kappa shape index (κ1) is 14.0. The van der Waals surface area contributed by atoms with E-state index in [1.165, 1.54) is 19.1 Å². The monoisotopic (exact) mass is 290 g/mol. The minimum absolute atomic E-state index is 0.154. The summed E-state index contributed by atoms with van der Waals surface area (Å²) in [5.74, 6) is -0.542. The summed E-state index contributed by atoms with van der Waals surface area (Å²) in [7, 11) is 0. The van der Waals surface area contributed by atoms with E-state index in [0.717, 1.165) is 0 Å². The van der Waals surface area contributed by atoms with Crippen LogP contribution in [-0.4, -0.2) is 22.0 Å². The second-order valence-electron chi connectivity index (χ2n) is 3.95. The highest BCUT2D eigenvalue weighted by atomic mass is 35.5. The largest absolute Gasteiger partial charge is 0.326 e. The molecule has 2 aromatic rings. The van der Waals surface area contributed by atoms with Gasteiger partial charge in [0, 0.05) is 18.3 Å². The van der Waals surface area contributed by atoms with Gasteiger partial charge in [0.2, 0.25) is 5.91 Å². The zero-order valence-electron chi connectivity index (χ0n) is 10.6. The summed E-state index contributed by atoms with van der Waals surface area (Å²) in [6.45, 7) is 1.43. The van der Waals surface area contributed by atoms with Crippen LogP contribution in [0.2, 0.25) is 5.15 Å². The number of halogens is 1. The smallest absolute Gasteiger partial charge is 0.276 e. The van der Waals surface area contributed by atoms with E-state index in [9.17, 15) is 9.59 Å². The van der Waals surface area contributed by atoms with Gasteiger partial charge in [-0.1, -0.05) is 11.6 Å². The van der Waals surface area contributed by atoms with Gasteiger partial charge in [-0.25, -0.2) is 0 Å². The highest BCUT2D eigenvalue weighted by molar-refractivity contribution is 6.29. The summed E-state index contributed by atoms with van der Waals surface area (Å²) >= 11 is 5.60. The van der Waals surface area contributed by atoms with Gasteiger partial charge in [-0.15, -0.1) is 10.2 Å². The maximum absolute atomic E-state index is 11.9. The van der Waals surface area contributed by atoms with Crippen LogP contribution in [-0.2, 0) is 4.79 Å². The topological polar surface area (TPSA) is 84.0 Å². The molecule has 0 aliphatic rings. The number of rotatable bonds is 3. The van der Waals surface area contributed by atoms with Gasteiger partial charge in [-0.2, -0.15) is 0 Å². The van der Waals surface area contributed by atoms with Crippen LogP contribution >= 0.6 is 11.6 Å². The molecule has 1 heterocycles. The maximum Gasteiger partial charge on any atom is 0.276 e. The number of nitrogens with zero attached hydrogens (tertiary/aromatic N) is 2. The number of nitrogens with one attached hydrogen (secondary N) is 2. The number of aromatic nitrogens is 2. The quantitative estimate of drug-likeness (QED) is 0.909. The Labute approximate surface area is 120 Å². The Balaban J connectivity index is 2.04. The lowest BCUT2D eigenvalue weighted by atomic mass is 10.2. The average Bonchev–Trinajstić information content (AvgIpc) is 2.41. The number of carbonyl (C=O) groups excluding carboxylic acids is 2. The molecule has 0 atom stereocenters. The SMILES string of the molecule is CC(=O)Nc1ccc(NC(=O)c2ccc(Cl)nn2)cc1. The number of carbonyl (C=O) groups is 2. The normalized spacial score (nSPS) is 9.90. The summed E-state index contributed by atoms with van der Waals surface area (Å²) in [5, 5.41) is 12.8. The highest BCUT2D eigenvalue weighted by Crippen LogP contribution is 2.14. The van der Waals surface area contributed by atoms with Gasteiger partial charge in [0.1, 0.15) is 0 Å². The molecular formula is C13H11ClN4O2. The zero-order chi connectivity index (χ0) is 14.5. The summed E-state index contributed by atoms with van der Waals surface area (Å²) in [4.78, 5) is 22.7. The molecule has 7 heteroatoms. The van der Waals surface area contributed by atoms with Crippen LogP contribution in [0.3, 0.4) is 0 Å². The van der Waals surface area contributed by atoms with E-state index in [-0.39, 0.29) is 22.7 Å². The van der Waals surface area contributed by atoms with Crippen LogP contribution in [0, 0.1) is 0 Å². The fraction of sp³-hybridized carbons (Fsp3) is 0.0769. The van der Waals surface area contributed by atoms with Crippen molar-refractivity contribution in [3.63, 3.8) is 0 Å². The molecule has 102 valence electrons. The first-order chi connectivity index (χ1) is 9.54. The minimum Gasteiger partial charge on any atom is -0.326 e. The lowest BCUT2D eigenvalue weighted by Crippen LogP contribution is -2.14. The fourth-order valence-corrected chi connectivity index (χ4v) is 1.57. The zero-order valence-corrected chi connectivity index (χ0v) is 11.3. The Morgan fingerprint density at radius 2 is 1.55 bits per heavy atom. The summed E-state index contributed by atoms with van der Waals surface area (Å²) in [6.07, 6.45) is 0. The second kappa shape index (κ2) is 6.12. The van der Waals surface area contributed by atoms with Gasteiger partial charge in [0.15, 0.2) is 10.8 Å². The van der Waals surface area contributed by atoms with Crippen LogP contribution in [0.1, 0.15) is 17.4 Å². The molecule has 0 bridgehead atoms.